The molecule has 0 saturated carbocycles. The summed E-state index contributed by atoms with van der Waals surface area (Å²) in [5.41, 5.74) is 6.61. The molecule has 2 amide bonds. The second-order valence-electron chi connectivity index (χ2n) is 8.92. The molecule has 0 fully saturated rings. The summed E-state index contributed by atoms with van der Waals surface area (Å²) in [6.45, 7) is 4.46. The van der Waals surface area contributed by atoms with Crippen molar-refractivity contribution in [1.82, 2.24) is 0 Å². The molecule has 0 atom stereocenters. The summed E-state index contributed by atoms with van der Waals surface area (Å²) in [5.74, 6) is -0.223. The highest BCUT2D eigenvalue weighted by Crippen LogP contribution is 2.21. The molecule has 0 bridgehead atoms. The minimum absolute atomic E-state index is 0.0989. The standard InChI is InChI=1S/C32H30N2O2/c1-24-14-16-27(17-15-24)23-34(32(36)19-18-26-9-4-3-5-10-26)30-13-7-11-28(21-30)22-31(35)33-29-12-6-8-25(2)20-29/h3-21H,22-23H2,1-2H3,(H,33,35)/b19-18+. The van der Waals surface area contributed by atoms with E-state index in [0.29, 0.717) is 6.54 Å². The maximum Gasteiger partial charge on any atom is 0.251 e. The molecule has 0 aliphatic carbocycles. The van der Waals surface area contributed by atoms with Gasteiger partial charge in [-0.1, -0.05) is 84.4 Å². The van der Waals surface area contributed by atoms with E-state index in [1.54, 1.807) is 11.0 Å². The number of hydrogen-bond donors (Lipinski definition) is 1. The molecule has 0 heterocycles. The minimum atomic E-state index is -0.124. The quantitative estimate of drug-likeness (QED) is 0.288. The second-order valence-corrected chi connectivity index (χ2v) is 8.92. The van der Waals surface area contributed by atoms with Gasteiger partial charge in [-0.2, -0.15) is 0 Å². The monoisotopic (exact) mass is 474 g/mol. The van der Waals surface area contributed by atoms with Crippen molar-refractivity contribution < 1.29 is 9.59 Å². The number of anilines is 2. The lowest BCUT2D eigenvalue weighted by Crippen LogP contribution is -2.29. The zero-order chi connectivity index (χ0) is 25.3. The van der Waals surface area contributed by atoms with Crippen LogP contribution >= 0.6 is 0 Å². The molecule has 4 nitrogen and oxygen atoms in total. The highest BCUT2D eigenvalue weighted by Gasteiger charge is 2.15. The van der Waals surface area contributed by atoms with Gasteiger partial charge in [-0.15, -0.1) is 0 Å². The highest BCUT2D eigenvalue weighted by atomic mass is 16.2. The van der Waals surface area contributed by atoms with Crippen LogP contribution in [0.3, 0.4) is 0 Å². The first-order valence-electron chi connectivity index (χ1n) is 12.0. The second kappa shape index (κ2) is 11.8. The molecule has 0 spiro atoms. The Morgan fingerprint density at radius 1 is 0.750 bits per heavy atom. The van der Waals surface area contributed by atoms with Gasteiger partial charge in [-0.05, 0) is 66.4 Å². The molecule has 4 aromatic carbocycles. The van der Waals surface area contributed by atoms with Crippen molar-refractivity contribution in [3.8, 4) is 0 Å². The SMILES string of the molecule is Cc1ccc(CN(C(=O)/C=C/c2ccccc2)c2cccc(CC(=O)Nc3cccc(C)c3)c2)cc1. The first kappa shape index (κ1) is 24.7. The lowest BCUT2D eigenvalue weighted by molar-refractivity contribution is -0.115. The van der Waals surface area contributed by atoms with E-state index >= 15 is 0 Å². The van der Waals surface area contributed by atoms with E-state index in [-0.39, 0.29) is 18.2 Å². The summed E-state index contributed by atoms with van der Waals surface area (Å²) in [4.78, 5) is 27.8. The summed E-state index contributed by atoms with van der Waals surface area (Å²) in [7, 11) is 0. The van der Waals surface area contributed by atoms with Crippen LogP contribution in [0.1, 0.15) is 27.8 Å². The third kappa shape index (κ3) is 7.03. The Morgan fingerprint density at radius 3 is 2.25 bits per heavy atom. The van der Waals surface area contributed by atoms with Crippen LogP contribution in [0.15, 0.2) is 109 Å². The molecule has 180 valence electrons. The average Bonchev–Trinajstić information content (AvgIpc) is 2.87. The Labute approximate surface area is 212 Å². The van der Waals surface area contributed by atoms with E-state index in [0.717, 1.165) is 33.6 Å². The molecule has 0 saturated heterocycles. The van der Waals surface area contributed by atoms with E-state index < -0.39 is 0 Å². The molecule has 36 heavy (non-hydrogen) atoms. The number of rotatable bonds is 8. The summed E-state index contributed by atoms with van der Waals surface area (Å²) in [6.07, 6.45) is 3.64. The van der Waals surface area contributed by atoms with Gasteiger partial charge < -0.3 is 10.2 Å². The molecule has 0 aliphatic rings. The Hall–Kier alpha value is -4.44. The van der Waals surface area contributed by atoms with Crippen LogP contribution in [0.25, 0.3) is 6.08 Å². The Balaban J connectivity index is 1.55. The maximum atomic E-state index is 13.4. The van der Waals surface area contributed by atoms with Gasteiger partial charge in [0.1, 0.15) is 0 Å². The number of benzene rings is 4. The molecule has 4 aromatic rings. The molecule has 4 rings (SSSR count). The molecule has 0 unspecified atom stereocenters. The average molecular weight is 475 g/mol. The van der Waals surface area contributed by atoms with Gasteiger partial charge in [0.15, 0.2) is 0 Å². The predicted molar refractivity (Wildman–Crippen MR) is 148 cm³/mol. The molecule has 0 aromatic heterocycles. The van der Waals surface area contributed by atoms with Crippen molar-refractivity contribution in [2.75, 3.05) is 10.2 Å². The van der Waals surface area contributed by atoms with E-state index in [1.807, 2.05) is 123 Å². The van der Waals surface area contributed by atoms with Crippen LogP contribution in [-0.2, 0) is 22.6 Å². The number of aryl methyl sites for hydroxylation is 2. The first-order valence-corrected chi connectivity index (χ1v) is 12.0. The van der Waals surface area contributed by atoms with Crippen LogP contribution in [0.4, 0.5) is 11.4 Å². The van der Waals surface area contributed by atoms with E-state index in [4.69, 9.17) is 0 Å². The molecule has 0 radical (unpaired) electrons. The minimum Gasteiger partial charge on any atom is -0.326 e. The van der Waals surface area contributed by atoms with E-state index in [9.17, 15) is 9.59 Å². The largest absolute Gasteiger partial charge is 0.326 e. The van der Waals surface area contributed by atoms with Crippen molar-refractivity contribution in [2.24, 2.45) is 0 Å². The van der Waals surface area contributed by atoms with Crippen LogP contribution in [0, 0.1) is 13.8 Å². The fourth-order valence-electron chi connectivity index (χ4n) is 3.94. The van der Waals surface area contributed by atoms with Gasteiger partial charge in [0, 0.05) is 17.5 Å². The smallest absolute Gasteiger partial charge is 0.251 e. The van der Waals surface area contributed by atoms with E-state index in [2.05, 4.69) is 5.32 Å². The Bertz CT molecular complexity index is 1360. The fraction of sp³-hybridized carbons (Fsp3) is 0.125. The lowest BCUT2D eigenvalue weighted by Gasteiger charge is -2.22. The third-order valence-electron chi connectivity index (χ3n) is 5.83. The van der Waals surface area contributed by atoms with Crippen LogP contribution in [-0.4, -0.2) is 11.8 Å². The maximum absolute atomic E-state index is 13.4. The van der Waals surface area contributed by atoms with Gasteiger partial charge in [0.25, 0.3) is 5.91 Å². The van der Waals surface area contributed by atoms with Crippen LogP contribution in [0.5, 0.6) is 0 Å². The summed E-state index contributed by atoms with van der Waals surface area (Å²) >= 11 is 0. The van der Waals surface area contributed by atoms with Crippen LogP contribution < -0.4 is 10.2 Å². The van der Waals surface area contributed by atoms with Crippen molar-refractivity contribution in [1.29, 1.82) is 0 Å². The van der Waals surface area contributed by atoms with Crippen molar-refractivity contribution in [3.63, 3.8) is 0 Å². The summed E-state index contributed by atoms with van der Waals surface area (Å²) in [6, 6.07) is 33.3. The van der Waals surface area contributed by atoms with Crippen molar-refractivity contribution >= 4 is 29.3 Å². The third-order valence-corrected chi connectivity index (χ3v) is 5.83. The van der Waals surface area contributed by atoms with Crippen molar-refractivity contribution in [2.45, 2.75) is 26.8 Å². The Morgan fingerprint density at radius 2 is 1.50 bits per heavy atom. The van der Waals surface area contributed by atoms with Gasteiger partial charge >= 0.3 is 0 Å². The zero-order valence-electron chi connectivity index (χ0n) is 20.6. The first-order chi connectivity index (χ1) is 17.5. The van der Waals surface area contributed by atoms with E-state index in [1.165, 1.54) is 5.56 Å². The van der Waals surface area contributed by atoms with Crippen molar-refractivity contribution in [3.05, 3.63) is 137 Å². The lowest BCUT2D eigenvalue weighted by atomic mass is 10.1. The summed E-state index contributed by atoms with van der Waals surface area (Å²) in [5, 5.41) is 2.96. The van der Waals surface area contributed by atoms with Gasteiger partial charge in [-0.3, -0.25) is 9.59 Å². The van der Waals surface area contributed by atoms with Gasteiger partial charge in [0.2, 0.25) is 5.91 Å². The summed E-state index contributed by atoms with van der Waals surface area (Å²) < 4.78 is 0. The topological polar surface area (TPSA) is 49.4 Å². The number of nitrogens with one attached hydrogen (secondary N) is 1. The normalized spacial score (nSPS) is 10.8. The number of carbonyl (C=O) groups is 2. The number of nitrogens with zero attached hydrogens (tertiary/aromatic N) is 1. The molecule has 0 aliphatic heterocycles. The van der Waals surface area contributed by atoms with Crippen LogP contribution in [0.2, 0.25) is 0 Å². The fourth-order valence-corrected chi connectivity index (χ4v) is 3.94. The Kier molecular flexibility index (Phi) is 8.09. The van der Waals surface area contributed by atoms with Gasteiger partial charge in [0.05, 0.1) is 13.0 Å². The number of amides is 2. The highest BCUT2D eigenvalue weighted by molar-refractivity contribution is 6.04. The molecule has 1 N–H and O–H groups in total. The zero-order valence-corrected chi connectivity index (χ0v) is 20.6. The number of hydrogen-bond acceptors (Lipinski definition) is 2. The number of carbonyl (C=O) groups excluding carboxylic acids is 2. The molecular weight excluding hydrogens is 444 g/mol. The molecule has 4 heteroatoms. The van der Waals surface area contributed by atoms with Gasteiger partial charge in [-0.25, -0.2) is 0 Å². The predicted octanol–water partition coefficient (Wildman–Crippen LogP) is 6.73. The molecular formula is C32H30N2O2.